The molecule has 0 fully saturated rings. The van der Waals surface area contributed by atoms with E-state index in [2.05, 4.69) is 10.4 Å². The average Bonchev–Trinajstić information content (AvgIpc) is 2.76. The molecule has 2 atom stereocenters. The van der Waals surface area contributed by atoms with Gasteiger partial charge in [-0.3, -0.25) is 9.59 Å². The van der Waals surface area contributed by atoms with Crippen LogP contribution in [0.2, 0.25) is 0 Å². The highest BCUT2D eigenvalue weighted by molar-refractivity contribution is 6.04. The van der Waals surface area contributed by atoms with Gasteiger partial charge in [0.1, 0.15) is 11.8 Å². The van der Waals surface area contributed by atoms with Crippen LogP contribution < -0.4 is 15.9 Å². The number of nitrogens with zero attached hydrogens (tertiary/aromatic N) is 1. The number of amides is 1. The summed E-state index contributed by atoms with van der Waals surface area (Å²) in [7, 11) is 0. The standard InChI is InChI=1S/C22H25N3O6/c1-3-30-19(27)13-31-18-10-8-16(9-11-18)21(28)20(14(2)26)25-22(29)17-6-4-15(5-7-17)12-24-23/h4-12,14,20,26H,3,13,23H2,1-2H3,(H,25,29)/t14-,20+/m1/s1. The van der Waals surface area contributed by atoms with Crippen LogP contribution in [-0.4, -0.2) is 54.3 Å². The minimum atomic E-state index is -1.15. The molecular weight excluding hydrogens is 402 g/mol. The van der Waals surface area contributed by atoms with Crippen molar-refractivity contribution < 1.29 is 29.0 Å². The number of benzene rings is 2. The summed E-state index contributed by atoms with van der Waals surface area (Å²) >= 11 is 0. The van der Waals surface area contributed by atoms with Crippen LogP contribution in [0.4, 0.5) is 0 Å². The Morgan fingerprint density at radius 2 is 1.71 bits per heavy atom. The topological polar surface area (TPSA) is 140 Å². The number of ether oxygens (including phenoxy) is 2. The molecule has 2 aromatic carbocycles. The number of nitrogens with two attached hydrogens (primary N) is 1. The van der Waals surface area contributed by atoms with E-state index in [0.29, 0.717) is 16.9 Å². The quantitative estimate of drug-likeness (QED) is 0.171. The van der Waals surface area contributed by atoms with Crippen LogP contribution in [0.15, 0.2) is 53.6 Å². The Balaban J connectivity index is 2.05. The first-order chi connectivity index (χ1) is 14.8. The van der Waals surface area contributed by atoms with Gasteiger partial charge in [0.2, 0.25) is 0 Å². The third-order valence-electron chi connectivity index (χ3n) is 4.25. The lowest BCUT2D eigenvalue weighted by Crippen LogP contribution is -2.47. The Morgan fingerprint density at radius 3 is 2.26 bits per heavy atom. The summed E-state index contributed by atoms with van der Waals surface area (Å²) in [5, 5.41) is 16.0. The van der Waals surface area contributed by atoms with E-state index in [-0.39, 0.29) is 18.8 Å². The Bertz CT molecular complexity index is 923. The monoisotopic (exact) mass is 427 g/mol. The second-order valence-electron chi connectivity index (χ2n) is 6.57. The zero-order valence-corrected chi connectivity index (χ0v) is 17.3. The van der Waals surface area contributed by atoms with Gasteiger partial charge in [-0.15, -0.1) is 0 Å². The number of aliphatic hydroxyl groups is 1. The number of hydrogen-bond acceptors (Lipinski definition) is 8. The first kappa shape index (κ1) is 23.6. The molecule has 0 aliphatic carbocycles. The number of esters is 1. The van der Waals surface area contributed by atoms with Crippen molar-refractivity contribution in [1.29, 1.82) is 0 Å². The van der Waals surface area contributed by atoms with Crippen LogP contribution in [0.25, 0.3) is 0 Å². The number of hydrogen-bond donors (Lipinski definition) is 3. The fourth-order valence-electron chi connectivity index (χ4n) is 2.68. The summed E-state index contributed by atoms with van der Waals surface area (Å²) in [6.07, 6.45) is 0.309. The predicted molar refractivity (Wildman–Crippen MR) is 114 cm³/mol. The maximum absolute atomic E-state index is 12.8. The molecule has 2 aromatic rings. The predicted octanol–water partition coefficient (Wildman–Crippen LogP) is 1.28. The van der Waals surface area contributed by atoms with E-state index >= 15 is 0 Å². The SMILES string of the molecule is CCOC(=O)COc1ccc(C(=O)[C@@H](NC(=O)c2ccc(C=NN)cc2)[C@@H](C)O)cc1. The highest BCUT2D eigenvalue weighted by Crippen LogP contribution is 2.15. The molecule has 164 valence electrons. The van der Waals surface area contributed by atoms with Crippen LogP contribution in [0.5, 0.6) is 5.75 Å². The molecule has 2 rings (SSSR count). The third-order valence-corrected chi connectivity index (χ3v) is 4.25. The number of ketones is 1. The lowest BCUT2D eigenvalue weighted by Gasteiger charge is -2.20. The normalized spacial score (nSPS) is 12.7. The van der Waals surface area contributed by atoms with E-state index in [9.17, 15) is 19.5 Å². The molecule has 9 nitrogen and oxygen atoms in total. The largest absolute Gasteiger partial charge is 0.482 e. The molecule has 1 amide bonds. The van der Waals surface area contributed by atoms with Crippen LogP contribution in [-0.2, 0) is 9.53 Å². The number of Topliss-reactive ketones (excluding diaryl/α,β-unsaturated/α-hetero) is 1. The minimum Gasteiger partial charge on any atom is -0.482 e. The van der Waals surface area contributed by atoms with Gasteiger partial charge in [0, 0.05) is 11.1 Å². The molecule has 0 unspecified atom stereocenters. The highest BCUT2D eigenvalue weighted by atomic mass is 16.6. The summed E-state index contributed by atoms with van der Waals surface area (Å²) in [4.78, 5) is 36.7. The highest BCUT2D eigenvalue weighted by Gasteiger charge is 2.27. The second-order valence-corrected chi connectivity index (χ2v) is 6.57. The number of hydrazone groups is 1. The maximum atomic E-state index is 12.8. The summed E-state index contributed by atoms with van der Waals surface area (Å²) in [5.74, 6) is 4.00. The molecule has 0 saturated heterocycles. The van der Waals surface area contributed by atoms with Crippen molar-refractivity contribution in [1.82, 2.24) is 5.32 Å². The minimum absolute atomic E-state index is 0.247. The van der Waals surface area contributed by atoms with Crippen LogP contribution in [0.3, 0.4) is 0 Å². The van der Waals surface area contributed by atoms with E-state index in [1.807, 2.05) is 0 Å². The van der Waals surface area contributed by atoms with Gasteiger partial charge in [0.05, 0.1) is 18.9 Å². The van der Waals surface area contributed by atoms with Crippen LogP contribution >= 0.6 is 0 Å². The van der Waals surface area contributed by atoms with Crippen molar-refractivity contribution in [2.45, 2.75) is 26.0 Å². The van der Waals surface area contributed by atoms with Gasteiger partial charge in [-0.2, -0.15) is 5.10 Å². The third kappa shape index (κ3) is 6.93. The molecule has 31 heavy (non-hydrogen) atoms. The molecule has 4 N–H and O–H groups in total. The van der Waals surface area contributed by atoms with Crippen LogP contribution in [0.1, 0.15) is 40.1 Å². The molecule has 0 heterocycles. The maximum Gasteiger partial charge on any atom is 0.344 e. The van der Waals surface area contributed by atoms with Gasteiger partial charge in [-0.1, -0.05) is 12.1 Å². The van der Waals surface area contributed by atoms with E-state index in [1.165, 1.54) is 37.4 Å². The fourth-order valence-corrected chi connectivity index (χ4v) is 2.68. The summed E-state index contributed by atoms with van der Waals surface area (Å²) < 4.78 is 10.1. The summed E-state index contributed by atoms with van der Waals surface area (Å²) in [5.41, 5.74) is 1.30. The number of carbonyl (C=O) groups is 3. The Labute approximate surface area is 179 Å². The zero-order valence-electron chi connectivity index (χ0n) is 17.3. The van der Waals surface area contributed by atoms with Gasteiger partial charge in [0.15, 0.2) is 12.4 Å². The van der Waals surface area contributed by atoms with Crippen molar-refractivity contribution in [3.63, 3.8) is 0 Å². The number of carbonyl (C=O) groups excluding carboxylic acids is 3. The smallest absolute Gasteiger partial charge is 0.344 e. The van der Waals surface area contributed by atoms with Gasteiger partial charge >= 0.3 is 5.97 Å². The first-order valence-electron chi connectivity index (χ1n) is 9.60. The van der Waals surface area contributed by atoms with Gasteiger partial charge in [-0.05, 0) is 55.8 Å². The average molecular weight is 427 g/mol. The molecule has 0 aliphatic heterocycles. The molecular formula is C22H25N3O6. The van der Waals surface area contributed by atoms with Crippen molar-refractivity contribution in [2.75, 3.05) is 13.2 Å². The second kappa shape index (κ2) is 11.5. The van der Waals surface area contributed by atoms with Crippen molar-refractivity contribution in [2.24, 2.45) is 10.9 Å². The van der Waals surface area contributed by atoms with Crippen LogP contribution in [0, 0.1) is 0 Å². The molecule has 0 aromatic heterocycles. The Hall–Kier alpha value is -3.72. The molecule has 0 radical (unpaired) electrons. The summed E-state index contributed by atoms with van der Waals surface area (Å²) in [6.45, 7) is 3.12. The first-order valence-corrected chi connectivity index (χ1v) is 9.60. The summed E-state index contributed by atoms with van der Waals surface area (Å²) in [6, 6.07) is 11.3. The van der Waals surface area contributed by atoms with Gasteiger partial charge in [-0.25, -0.2) is 4.79 Å². The Kier molecular flexibility index (Phi) is 8.71. The van der Waals surface area contributed by atoms with E-state index in [4.69, 9.17) is 15.3 Å². The molecule has 0 aliphatic rings. The number of rotatable bonds is 10. The van der Waals surface area contributed by atoms with Crippen molar-refractivity contribution in [3.05, 3.63) is 65.2 Å². The molecule has 0 bridgehead atoms. The molecule has 0 spiro atoms. The Morgan fingerprint density at radius 1 is 1.10 bits per heavy atom. The lowest BCUT2D eigenvalue weighted by molar-refractivity contribution is -0.145. The lowest BCUT2D eigenvalue weighted by atomic mass is 9.99. The molecule has 9 heteroatoms. The molecule has 0 saturated carbocycles. The van der Waals surface area contributed by atoms with E-state index in [1.54, 1.807) is 31.2 Å². The number of nitrogens with one attached hydrogen (secondary N) is 1. The van der Waals surface area contributed by atoms with Gasteiger partial charge in [0.25, 0.3) is 5.91 Å². The zero-order chi connectivity index (χ0) is 22.8. The van der Waals surface area contributed by atoms with Crippen molar-refractivity contribution in [3.8, 4) is 5.75 Å². The van der Waals surface area contributed by atoms with E-state index in [0.717, 1.165) is 0 Å². The van der Waals surface area contributed by atoms with E-state index < -0.39 is 29.8 Å². The number of aliphatic hydroxyl groups excluding tert-OH is 1. The van der Waals surface area contributed by atoms with Crippen molar-refractivity contribution >= 4 is 23.9 Å². The fraction of sp³-hybridized carbons (Fsp3) is 0.273. The van der Waals surface area contributed by atoms with Gasteiger partial charge < -0.3 is 25.7 Å².